The standard InChI is InChI=1S/C21H28N2O4/c1-5-26-20(25)16(10-11-18(24)23(3)4)21(2)19-15(12-13-27-21)14-8-6-7-9-17(14)22-19/h6-9,16,22H,5,10-13H2,1-4H3. The number of esters is 1. The molecule has 6 heteroatoms. The van der Waals surface area contributed by atoms with Crippen molar-refractivity contribution in [2.45, 2.75) is 38.7 Å². The Morgan fingerprint density at radius 3 is 2.78 bits per heavy atom. The van der Waals surface area contributed by atoms with E-state index < -0.39 is 11.5 Å². The highest BCUT2D eigenvalue weighted by Gasteiger charge is 2.47. The summed E-state index contributed by atoms with van der Waals surface area (Å²) in [4.78, 5) is 29.9. The first kappa shape index (κ1) is 19.4. The van der Waals surface area contributed by atoms with E-state index in [1.807, 2.05) is 25.1 Å². The maximum Gasteiger partial charge on any atom is 0.312 e. The average molecular weight is 372 g/mol. The van der Waals surface area contributed by atoms with Crippen molar-refractivity contribution in [2.24, 2.45) is 5.92 Å². The second kappa shape index (κ2) is 7.72. The van der Waals surface area contributed by atoms with E-state index in [9.17, 15) is 9.59 Å². The van der Waals surface area contributed by atoms with E-state index in [2.05, 4.69) is 11.1 Å². The number of aromatic amines is 1. The molecule has 1 aliphatic heterocycles. The van der Waals surface area contributed by atoms with Crippen LogP contribution in [0.15, 0.2) is 24.3 Å². The highest BCUT2D eigenvalue weighted by Crippen LogP contribution is 2.43. The van der Waals surface area contributed by atoms with Crippen molar-refractivity contribution in [1.29, 1.82) is 0 Å². The third kappa shape index (κ3) is 3.58. The zero-order chi connectivity index (χ0) is 19.6. The Morgan fingerprint density at radius 2 is 2.07 bits per heavy atom. The van der Waals surface area contributed by atoms with Gasteiger partial charge in [-0.25, -0.2) is 0 Å². The molecule has 146 valence electrons. The number of hydrogen-bond donors (Lipinski definition) is 1. The number of rotatable bonds is 6. The second-order valence-electron chi connectivity index (χ2n) is 7.36. The maximum absolute atomic E-state index is 12.8. The number of ether oxygens (including phenoxy) is 2. The molecule has 0 saturated carbocycles. The van der Waals surface area contributed by atoms with Crippen molar-refractivity contribution in [3.8, 4) is 0 Å². The summed E-state index contributed by atoms with van der Waals surface area (Å²) in [7, 11) is 3.44. The van der Waals surface area contributed by atoms with Gasteiger partial charge in [0.15, 0.2) is 0 Å². The average Bonchev–Trinajstić information content (AvgIpc) is 3.02. The number of nitrogens with zero attached hydrogens (tertiary/aromatic N) is 1. The van der Waals surface area contributed by atoms with Crippen molar-refractivity contribution >= 4 is 22.8 Å². The molecule has 6 nitrogen and oxygen atoms in total. The molecule has 2 atom stereocenters. The van der Waals surface area contributed by atoms with Gasteiger partial charge in [-0.05, 0) is 38.3 Å². The Morgan fingerprint density at radius 1 is 1.33 bits per heavy atom. The fraction of sp³-hybridized carbons (Fsp3) is 0.524. The molecular weight excluding hydrogens is 344 g/mol. The molecule has 1 aliphatic rings. The molecule has 0 aliphatic carbocycles. The SMILES string of the molecule is CCOC(=O)C(CCC(=O)N(C)C)C1(C)OCCc2c1[nH]c1ccccc21. The van der Waals surface area contributed by atoms with Gasteiger partial charge in [-0.15, -0.1) is 0 Å². The van der Waals surface area contributed by atoms with Gasteiger partial charge in [0.2, 0.25) is 5.91 Å². The van der Waals surface area contributed by atoms with Crippen LogP contribution >= 0.6 is 0 Å². The summed E-state index contributed by atoms with van der Waals surface area (Å²) < 4.78 is 11.5. The Bertz CT molecular complexity index is 842. The van der Waals surface area contributed by atoms with Gasteiger partial charge in [0.25, 0.3) is 0 Å². The first-order chi connectivity index (χ1) is 12.9. The first-order valence-electron chi connectivity index (χ1n) is 9.49. The van der Waals surface area contributed by atoms with Gasteiger partial charge in [0.05, 0.1) is 24.8 Å². The van der Waals surface area contributed by atoms with E-state index >= 15 is 0 Å². The Balaban J connectivity index is 2.00. The van der Waals surface area contributed by atoms with Crippen LogP contribution < -0.4 is 0 Å². The van der Waals surface area contributed by atoms with E-state index in [1.165, 1.54) is 5.56 Å². The number of carbonyl (C=O) groups excluding carboxylic acids is 2. The predicted octanol–water partition coefficient (Wildman–Crippen LogP) is 3.00. The van der Waals surface area contributed by atoms with E-state index in [0.717, 1.165) is 23.0 Å². The van der Waals surface area contributed by atoms with Gasteiger partial charge in [-0.1, -0.05) is 18.2 Å². The van der Waals surface area contributed by atoms with Crippen LogP contribution in [0.5, 0.6) is 0 Å². The van der Waals surface area contributed by atoms with E-state index in [0.29, 0.717) is 19.6 Å². The number of para-hydroxylation sites is 1. The van der Waals surface area contributed by atoms with Crippen LogP contribution in [0.25, 0.3) is 10.9 Å². The summed E-state index contributed by atoms with van der Waals surface area (Å²) in [6, 6.07) is 8.12. The summed E-state index contributed by atoms with van der Waals surface area (Å²) in [6.07, 6.45) is 1.44. The molecule has 1 N–H and O–H groups in total. The Labute approximate surface area is 159 Å². The van der Waals surface area contributed by atoms with Crippen molar-refractivity contribution in [1.82, 2.24) is 9.88 Å². The molecule has 2 aromatic rings. The number of hydrogen-bond acceptors (Lipinski definition) is 4. The molecule has 1 aromatic heterocycles. The zero-order valence-corrected chi connectivity index (χ0v) is 16.5. The van der Waals surface area contributed by atoms with Crippen LogP contribution in [0.1, 0.15) is 37.9 Å². The maximum atomic E-state index is 12.8. The lowest BCUT2D eigenvalue weighted by Crippen LogP contribution is -2.44. The van der Waals surface area contributed by atoms with Gasteiger partial charge >= 0.3 is 5.97 Å². The van der Waals surface area contributed by atoms with Crippen molar-refractivity contribution < 1.29 is 19.1 Å². The summed E-state index contributed by atoms with van der Waals surface area (Å²) in [5, 5.41) is 1.16. The van der Waals surface area contributed by atoms with E-state index in [4.69, 9.17) is 9.47 Å². The zero-order valence-electron chi connectivity index (χ0n) is 16.5. The lowest BCUT2D eigenvalue weighted by Gasteiger charge is -2.39. The van der Waals surface area contributed by atoms with Crippen molar-refractivity contribution in [3.05, 3.63) is 35.5 Å². The summed E-state index contributed by atoms with van der Waals surface area (Å²) in [5.41, 5.74) is 2.29. The van der Waals surface area contributed by atoms with Gasteiger partial charge in [0.1, 0.15) is 5.60 Å². The minimum atomic E-state index is -0.856. The number of amides is 1. The molecule has 2 unspecified atom stereocenters. The van der Waals surface area contributed by atoms with Crippen LogP contribution in [-0.4, -0.2) is 49.1 Å². The summed E-state index contributed by atoms with van der Waals surface area (Å²) in [6.45, 7) is 4.55. The van der Waals surface area contributed by atoms with Gasteiger partial charge in [0, 0.05) is 31.4 Å². The lowest BCUT2D eigenvalue weighted by molar-refractivity contribution is -0.167. The molecule has 0 fully saturated rings. The molecule has 0 bridgehead atoms. The molecular formula is C21H28N2O4. The van der Waals surface area contributed by atoms with Crippen molar-refractivity contribution in [2.75, 3.05) is 27.3 Å². The van der Waals surface area contributed by atoms with Crippen molar-refractivity contribution in [3.63, 3.8) is 0 Å². The quantitative estimate of drug-likeness (QED) is 0.791. The minimum absolute atomic E-state index is 0.0134. The third-order valence-electron chi connectivity index (χ3n) is 5.45. The Kier molecular flexibility index (Phi) is 5.56. The van der Waals surface area contributed by atoms with Gasteiger partial charge in [-0.3, -0.25) is 9.59 Å². The molecule has 1 amide bonds. The number of aromatic nitrogens is 1. The fourth-order valence-corrected chi connectivity index (χ4v) is 3.95. The highest BCUT2D eigenvalue weighted by atomic mass is 16.5. The van der Waals surface area contributed by atoms with Crippen LogP contribution in [0, 0.1) is 5.92 Å². The molecule has 0 radical (unpaired) electrons. The smallest absolute Gasteiger partial charge is 0.312 e. The van der Waals surface area contributed by atoms with E-state index in [1.54, 1.807) is 25.9 Å². The van der Waals surface area contributed by atoms with Gasteiger partial charge < -0.3 is 19.4 Å². The van der Waals surface area contributed by atoms with Crippen LogP contribution in [-0.2, 0) is 31.1 Å². The van der Waals surface area contributed by atoms with Gasteiger partial charge in [-0.2, -0.15) is 0 Å². The van der Waals surface area contributed by atoms with Crippen LogP contribution in [0.2, 0.25) is 0 Å². The number of H-pyrrole nitrogens is 1. The largest absolute Gasteiger partial charge is 0.466 e. The molecule has 2 heterocycles. The van der Waals surface area contributed by atoms with Crippen LogP contribution in [0.3, 0.4) is 0 Å². The third-order valence-corrected chi connectivity index (χ3v) is 5.45. The lowest BCUT2D eigenvalue weighted by atomic mass is 9.79. The molecule has 1 aromatic carbocycles. The summed E-state index contributed by atoms with van der Waals surface area (Å²) >= 11 is 0. The number of benzene rings is 1. The topological polar surface area (TPSA) is 71.6 Å². The minimum Gasteiger partial charge on any atom is -0.466 e. The molecule has 3 rings (SSSR count). The number of nitrogens with one attached hydrogen (secondary N) is 1. The fourth-order valence-electron chi connectivity index (χ4n) is 3.95. The Hall–Kier alpha value is -2.34. The van der Waals surface area contributed by atoms with Crippen LogP contribution in [0.4, 0.5) is 0 Å². The van der Waals surface area contributed by atoms with E-state index in [-0.39, 0.29) is 18.3 Å². The molecule has 0 spiro atoms. The highest BCUT2D eigenvalue weighted by molar-refractivity contribution is 5.86. The number of fused-ring (bicyclic) bond motifs is 3. The first-order valence-corrected chi connectivity index (χ1v) is 9.49. The predicted molar refractivity (Wildman–Crippen MR) is 103 cm³/mol. The number of carbonyl (C=O) groups is 2. The monoisotopic (exact) mass is 372 g/mol. The summed E-state index contributed by atoms with van der Waals surface area (Å²) in [5.74, 6) is -0.896. The molecule has 27 heavy (non-hydrogen) atoms. The molecule has 0 saturated heterocycles. The second-order valence-corrected chi connectivity index (χ2v) is 7.36. The normalized spacial score (nSPS) is 20.1.